The molecule has 0 amide bonds. The van der Waals surface area contributed by atoms with Gasteiger partial charge in [-0.15, -0.1) is 0 Å². The van der Waals surface area contributed by atoms with Crippen LogP contribution in [-0.2, 0) is 0 Å². The summed E-state index contributed by atoms with van der Waals surface area (Å²) in [6.45, 7) is 8.42. The second-order valence-electron chi connectivity index (χ2n) is 4.89. The number of nitrogens with zero attached hydrogens (tertiary/aromatic N) is 1. The molecule has 1 heteroatoms. The van der Waals surface area contributed by atoms with Crippen LogP contribution >= 0.6 is 0 Å². The first-order chi connectivity index (χ1) is 6.47. The molecule has 0 bridgehead atoms. The van der Waals surface area contributed by atoms with E-state index in [0.29, 0.717) is 11.8 Å². The van der Waals surface area contributed by atoms with Crippen LogP contribution in [0.15, 0.2) is 23.8 Å². The predicted molar refractivity (Wildman–Crippen MR) is 59.6 cm³/mol. The third-order valence-electron chi connectivity index (χ3n) is 3.01. The molecular formula is C13H19N. The molecule has 0 radical (unpaired) electrons. The Bertz CT molecular complexity index is 300. The Hall–Kier alpha value is -1.03. The van der Waals surface area contributed by atoms with Crippen molar-refractivity contribution in [3.05, 3.63) is 23.8 Å². The fourth-order valence-electron chi connectivity index (χ4n) is 1.68. The van der Waals surface area contributed by atoms with Gasteiger partial charge in [-0.1, -0.05) is 32.1 Å². The predicted octanol–water partition coefficient (Wildman–Crippen LogP) is 3.69. The van der Waals surface area contributed by atoms with Crippen LogP contribution in [0.5, 0.6) is 0 Å². The van der Waals surface area contributed by atoms with Crippen molar-refractivity contribution in [3.63, 3.8) is 0 Å². The summed E-state index contributed by atoms with van der Waals surface area (Å²) in [5, 5.41) is 9.02. The highest BCUT2D eigenvalue weighted by molar-refractivity contribution is 5.27. The van der Waals surface area contributed by atoms with E-state index in [4.69, 9.17) is 5.26 Å². The molecule has 0 heterocycles. The smallest absolute Gasteiger partial charge is 0.0690 e. The normalized spacial score (nSPS) is 22.0. The van der Waals surface area contributed by atoms with Gasteiger partial charge in [0, 0.05) is 0 Å². The van der Waals surface area contributed by atoms with Crippen molar-refractivity contribution in [2.24, 2.45) is 17.3 Å². The third-order valence-corrected chi connectivity index (χ3v) is 3.01. The van der Waals surface area contributed by atoms with Gasteiger partial charge in [0.2, 0.25) is 0 Å². The van der Waals surface area contributed by atoms with E-state index in [1.54, 1.807) is 0 Å². The molecule has 0 aromatic heterocycles. The van der Waals surface area contributed by atoms with E-state index in [1.165, 1.54) is 5.57 Å². The summed E-state index contributed by atoms with van der Waals surface area (Å²) >= 11 is 0. The minimum Gasteiger partial charge on any atom is -0.198 e. The van der Waals surface area contributed by atoms with Gasteiger partial charge >= 0.3 is 0 Å². The van der Waals surface area contributed by atoms with Crippen LogP contribution < -0.4 is 0 Å². The zero-order valence-electron chi connectivity index (χ0n) is 9.54. The maximum Gasteiger partial charge on any atom is 0.0690 e. The van der Waals surface area contributed by atoms with Gasteiger partial charge in [-0.3, -0.25) is 0 Å². The van der Waals surface area contributed by atoms with Gasteiger partial charge in [-0.05, 0) is 37.7 Å². The molecule has 1 nitrogen and oxygen atoms in total. The van der Waals surface area contributed by atoms with Crippen molar-refractivity contribution in [2.45, 2.75) is 34.1 Å². The van der Waals surface area contributed by atoms with Crippen LogP contribution in [0.4, 0.5) is 0 Å². The second-order valence-corrected chi connectivity index (χ2v) is 4.89. The largest absolute Gasteiger partial charge is 0.198 e. The molecule has 1 rings (SSSR count). The van der Waals surface area contributed by atoms with E-state index in [-0.39, 0.29) is 5.41 Å². The molecule has 76 valence electrons. The van der Waals surface area contributed by atoms with Crippen molar-refractivity contribution in [1.82, 2.24) is 0 Å². The van der Waals surface area contributed by atoms with Crippen molar-refractivity contribution in [3.8, 4) is 6.07 Å². The first kappa shape index (κ1) is 11.0. The maximum absolute atomic E-state index is 9.02. The van der Waals surface area contributed by atoms with Crippen LogP contribution in [0, 0.1) is 28.6 Å². The highest BCUT2D eigenvalue weighted by atomic mass is 14.4. The third kappa shape index (κ3) is 2.26. The SMILES string of the molecule is CC(C)C1=CCC(C(C)(C)C#N)C=C1. The lowest BCUT2D eigenvalue weighted by molar-refractivity contribution is 0.354. The van der Waals surface area contributed by atoms with Gasteiger partial charge in [-0.25, -0.2) is 0 Å². The molecule has 0 N–H and O–H groups in total. The van der Waals surface area contributed by atoms with Crippen molar-refractivity contribution in [2.75, 3.05) is 0 Å². The summed E-state index contributed by atoms with van der Waals surface area (Å²) < 4.78 is 0. The molecule has 14 heavy (non-hydrogen) atoms. The van der Waals surface area contributed by atoms with Gasteiger partial charge in [0.05, 0.1) is 11.5 Å². The average molecular weight is 189 g/mol. The van der Waals surface area contributed by atoms with Crippen LogP contribution in [0.3, 0.4) is 0 Å². The molecule has 1 aliphatic rings. The molecule has 0 saturated carbocycles. The Morgan fingerprint density at radius 3 is 2.50 bits per heavy atom. The fourth-order valence-corrected chi connectivity index (χ4v) is 1.68. The highest BCUT2D eigenvalue weighted by Crippen LogP contribution is 2.34. The summed E-state index contributed by atoms with van der Waals surface area (Å²) in [6, 6.07) is 2.37. The number of allylic oxidation sites excluding steroid dienone is 4. The topological polar surface area (TPSA) is 23.8 Å². The Balaban J connectivity index is 2.71. The zero-order chi connectivity index (χ0) is 10.8. The lowest BCUT2D eigenvalue weighted by Gasteiger charge is -2.27. The van der Waals surface area contributed by atoms with Gasteiger partial charge in [0.25, 0.3) is 0 Å². The number of hydrogen-bond donors (Lipinski definition) is 0. The molecular weight excluding hydrogens is 170 g/mol. The molecule has 0 aliphatic heterocycles. The Morgan fingerprint density at radius 1 is 1.50 bits per heavy atom. The lowest BCUT2D eigenvalue weighted by Crippen LogP contribution is -2.21. The fraction of sp³-hybridized carbons (Fsp3) is 0.615. The van der Waals surface area contributed by atoms with E-state index in [2.05, 4.69) is 38.1 Å². The standard InChI is InChI=1S/C13H19N/c1-10(2)11-5-7-12(8-6-11)13(3,4)9-14/h5-7,10,12H,8H2,1-4H3. The first-order valence-electron chi connectivity index (χ1n) is 5.27. The van der Waals surface area contributed by atoms with E-state index < -0.39 is 0 Å². The number of nitriles is 1. The molecule has 0 aromatic rings. The molecule has 1 aliphatic carbocycles. The summed E-state index contributed by atoms with van der Waals surface area (Å²) in [4.78, 5) is 0. The summed E-state index contributed by atoms with van der Waals surface area (Å²) in [6.07, 6.45) is 7.65. The molecule has 1 atom stereocenters. The van der Waals surface area contributed by atoms with Crippen LogP contribution in [-0.4, -0.2) is 0 Å². The van der Waals surface area contributed by atoms with Gasteiger partial charge in [0.1, 0.15) is 0 Å². The van der Waals surface area contributed by atoms with Gasteiger partial charge < -0.3 is 0 Å². The monoisotopic (exact) mass is 189 g/mol. The summed E-state index contributed by atoms with van der Waals surface area (Å²) in [5.41, 5.74) is 1.16. The molecule has 0 spiro atoms. The molecule has 0 aromatic carbocycles. The van der Waals surface area contributed by atoms with Crippen LogP contribution in [0.25, 0.3) is 0 Å². The molecule has 0 fully saturated rings. The zero-order valence-corrected chi connectivity index (χ0v) is 9.54. The number of rotatable bonds is 2. The Labute approximate surface area is 87.1 Å². The van der Waals surface area contributed by atoms with Crippen molar-refractivity contribution in [1.29, 1.82) is 5.26 Å². The average Bonchev–Trinajstić information content (AvgIpc) is 2.18. The highest BCUT2D eigenvalue weighted by Gasteiger charge is 2.27. The molecule has 1 unspecified atom stereocenters. The van der Waals surface area contributed by atoms with E-state index in [1.807, 2.05) is 13.8 Å². The Kier molecular flexibility index (Phi) is 3.16. The van der Waals surface area contributed by atoms with E-state index >= 15 is 0 Å². The summed E-state index contributed by atoms with van der Waals surface area (Å²) in [5.74, 6) is 0.965. The second kappa shape index (κ2) is 4.00. The maximum atomic E-state index is 9.02. The number of hydrogen-bond acceptors (Lipinski definition) is 1. The minimum atomic E-state index is -0.241. The van der Waals surface area contributed by atoms with Crippen LogP contribution in [0.2, 0.25) is 0 Å². The summed E-state index contributed by atoms with van der Waals surface area (Å²) in [7, 11) is 0. The van der Waals surface area contributed by atoms with Gasteiger partial charge in [0.15, 0.2) is 0 Å². The quantitative estimate of drug-likeness (QED) is 0.650. The van der Waals surface area contributed by atoms with E-state index in [0.717, 1.165) is 6.42 Å². The molecule has 0 saturated heterocycles. The minimum absolute atomic E-state index is 0.241. The Morgan fingerprint density at radius 2 is 2.14 bits per heavy atom. The van der Waals surface area contributed by atoms with Crippen LogP contribution in [0.1, 0.15) is 34.1 Å². The van der Waals surface area contributed by atoms with E-state index in [9.17, 15) is 0 Å². The first-order valence-corrected chi connectivity index (χ1v) is 5.27. The van der Waals surface area contributed by atoms with Gasteiger partial charge in [-0.2, -0.15) is 5.26 Å². The van der Waals surface area contributed by atoms with Crippen molar-refractivity contribution >= 4 is 0 Å². The lowest BCUT2D eigenvalue weighted by atomic mass is 9.75. The van der Waals surface area contributed by atoms with Crippen molar-refractivity contribution < 1.29 is 0 Å².